The van der Waals surface area contributed by atoms with E-state index in [0.717, 1.165) is 30.6 Å². The molecule has 3 heteroatoms. The van der Waals surface area contributed by atoms with Crippen LogP contribution < -0.4 is 5.73 Å². The Hall–Kier alpha value is -0.930. The number of piperidine rings is 1. The van der Waals surface area contributed by atoms with Crippen LogP contribution in [0.3, 0.4) is 0 Å². The second kappa shape index (κ2) is 6.23. The van der Waals surface area contributed by atoms with Gasteiger partial charge in [-0.15, -0.1) is 0 Å². The van der Waals surface area contributed by atoms with Crippen molar-refractivity contribution >= 4 is 0 Å². The van der Waals surface area contributed by atoms with Gasteiger partial charge >= 0.3 is 0 Å². The van der Waals surface area contributed by atoms with Crippen LogP contribution >= 0.6 is 0 Å². The molecule has 1 heterocycles. The van der Waals surface area contributed by atoms with E-state index >= 15 is 0 Å². The van der Waals surface area contributed by atoms with Crippen molar-refractivity contribution in [3.63, 3.8) is 0 Å². The second-order valence-corrected chi connectivity index (χ2v) is 6.41. The van der Waals surface area contributed by atoms with E-state index in [4.69, 9.17) is 5.73 Å². The third kappa shape index (κ3) is 3.04. The summed E-state index contributed by atoms with van der Waals surface area (Å²) in [7, 11) is 0. The maximum absolute atomic E-state index is 13.3. The minimum Gasteiger partial charge on any atom is -0.323 e. The predicted molar refractivity (Wildman–Crippen MR) is 79.9 cm³/mol. The Labute approximate surface area is 121 Å². The summed E-state index contributed by atoms with van der Waals surface area (Å²) in [4.78, 5) is 2.57. The van der Waals surface area contributed by atoms with Gasteiger partial charge in [-0.05, 0) is 55.8 Å². The molecule has 1 aliphatic heterocycles. The molecule has 3 atom stereocenters. The summed E-state index contributed by atoms with van der Waals surface area (Å²) >= 11 is 0. The Morgan fingerprint density at radius 2 is 2.00 bits per heavy atom. The summed E-state index contributed by atoms with van der Waals surface area (Å²) in [6.07, 6.45) is 8.13. The normalized spacial score (nSPS) is 28.9. The SMILES string of the molecule is NC(CN1CCC[C@H]2CCCC[C@H]21)c1cccc(F)c1. The first kappa shape index (κ1) is 14.0. The van der Waals surface area contributed by atoms with Crippen LogP contribution in [0.1, 0.15) is 50.1 Å². The summed E-state index contributed by atoms with van der Waals surface area (Å²) < 4.78 is 13.3. The molecule has 1 aromatic carbocycles. The molecule has 1 unspecified atom stereocenters. The second-order valence-electron chi connectivity index (χ2n) is 6.41. The van der Waals surface area contributed by atoms with Crippen molar-refractivity contribution in [2.75, 3.05) is 13.1 Å². The molecular weight excluding hydrogens is 251 g/mol. The van der Waals surface area contributed by atoms with Gasteiger partial charge < -0.3 is 5.73 Å². The predicted octanol–water partition coefficient (Wildman–Crippen LogP) is 3.48. The fourth-order valence-electron chi connectivity index (χ4n) is 4.05. The van der Waals surface area contributed by atoms with E-state index in [1.54, 1.807) is 12.1 Å². The highest BCUT2D eigenvalue weighted by Crippen LogP contribution is 2.35. The lowest BCUT2D eigenvalue weighted by molar-refractivity contribution is 0.0561. The maximum Gasteiger partial charge on any atom is 0.123 e. The lowest BCUT2D eigenvalue weighted by atomic mass is 9.78. The van der Waals surface area contributed by atoms with Gasteiger partial charge in [0.15, 0.2) is 0 Å². The van der Waals surface area contributed by atoms with Crippen molar-refractivity contribution in [1.82, 2.24) is 4.90 Å². The van der Waals surface area contributed by atoms with Crippen molar-refractivity contribution in [1.29, 1.82) is 0 Å². The number of fused-ring (bicyclic) bond motifs is 1. The zero-order valence-electron chi connectivity index (χ0n) is 12.1. The molecule has 2 fully saturated rings. The number of hydrogen-bond acceptors (Lipinski definition) is 2. The number of rotatable bonds is 3. The quantitative estimate of drug-likeness (QED) is 0.916. The molecule has 2 nitrogen and oxygen atoms in total. The number of hydrogen-bond donors (Lipinski definition) is 1. The Bertz CT molecular complexity index is 446. The van der Waals surface area contributed by atoms with Gasteiger partial charge in [0, 0.05) is 18.6 Å². The molecule has 2 N–H and O–H groups in total. The van der Waals surface area contributed by atoms with Crippen LogP contribution in [0.4, 0.5) is 4.39 Å². The van der Waals surface area contributed by atoms with E-state index in [-0.39, 0.29) is 11.9 Å². The van der Waals surface area contributed by atoms with E-state index in [9.17, 15) is 4.39 Å². The average Bonchev–Trinajstić information content (AvgIpc) is 2.47. The molecule has 1 saturated heterocycles. The minimum atomic E-state index is -0.188. The van der Waals surface area contributed by atoms with Gasteiger partial charge in [-0.1, -0.05) is 25.0 Å². The summed E-state index contributed by atoms with van der Waals surface area (Å²) in [6.45, 7) is 2.02. The first-order valence-corrected chi connectivity index (χ1v) is 7.99. The van der Waals surface area contributed by atoms with Gasteiger partial charge in [-0.25, -0.2) is 4.39 Å². The molecule has 0 radical (unpaired) electrons. The first-order chi connectivity index (χ1) is 9.74. The van der Waals surface area contributed by atoms with Crippen LogP contribution in [0.25, 0.3) is 0 Å². The van der Waals surface area contributed by atoms with Crippen molar-refractivity contribution in [2.24, 2.45) is 11.7 Å². The van der Waals surface area contributed by atoms with Crippen LogP contribution in [0.5, 0.6) is 0 Å². The van der Waals surface area contributed by atoms with Crippen LogP contribution in [0.15, 0.2) is 24.3 Å². The average molecular weight is 276 g/mol. The van der Waals surface area contributed by atoms with Gasteiger partial charge in [0.25, 0.3) is 0 Å². The number of benzene rings is 1. The molecule has 1 saturated carbocycles. The summed E-state index contributed by atoms with van der Waals surface area (Å²) in [5, 5.41) is 0. The highest BCUT2D eigenvalue weighted by Gasteiger charge is 2.33. The number of nitrogens with zero attached hydrogens (tertiary/aromatic N) is 1. The molecule has 2 aliphatic rings. The highest BCUT2D eigenvalue weighted by atomic mass is 19.1. The minimum absolute atomic E-state index is 0.0774. The third-order valence-electron chi connectivity index (χ3n) is 5.07. The smallest absolute Gasteiger partial charge is 0.123 e. The Kier molecular flexibility index (Phi) is 4.37. The van der Waals surface area contributed by atoms with E-state index in [1.165, 1.54) is 44.6 Å². The monoisotopic (exact) mass is 276 g/mol. The van der Waals surface area contributed by atoms with Crippen LogP contribution in [0, 0.1) is 11.7 Å². The summed E-state index contributed by atoms with van der Waals surface area (Å²) in [5.74, 6) is 0.685. The molecule has 0 amide bonds. The number of nitrogens with two attached hydrogens (primary N) is 1. The number of likely N-dealkylation sites (tertiary alicyclic amines) is 1. The highest BCUT2D eigenvalue weighted by molar-refractivity contribution is 5.20. The Balaban J connectivity index is 1.66. The van der Waals surface area contributed by atoms with E-state index in [0.29, 0.717) is 0 Å². The Morgan fingerprint density at radius 3 is 2.85 bits per heavy atom. The van der Waals surface area contributed by atoms with Gasteiger partial charge in [0.2, 0.25) is 0 Å². The van der Waals surface area contributed by atoms with E-state index in [2.05, 4.69) is 4.90 Å². The van der Waals surface area contributed by atoms with Crippen LogP contribution in [-0.2, 0) is 0 Å². The zero-order valence-corrected chi connectivity index (χ0v) is 12.1. The topological polar surface area (TPSA) is 29.3 Å². The number of halogens is 1. The van der Waals surface area contributed by atoms with Gasteiger partial charge in [0.05, 0.1) is 0 Å². The van der Waals surface area contributed by atoms with Crippen LogP contribution in [0.2, 0.25) is 0 Å². The molecule has 20 heavy (non-hydrogen) atoms. The first-order valence-electron chi connectivity index (χ1n) is 7.99. The van der Waals surface area contributed by atoms with Crippen LogP contribution in [-0.4, -0.2) is 24.0 Å². The molecular formula is C17H25FN2. The van der Waals surface area contributed by atoms with E-state index in [1.807, 2.05) is 6.07 Å². The summed E-state index contributed by atoms with van der Waals surface area (Å²) in [6, 6.07) is 7.39. The Morgan fingerprint density at radius 1 is 1.20 bits per heavy atom. The lowest BCUT2D eigenvalue weighted by Gasteiger charge is -2.45. The molecule has 0 spiro atoms. The zero-order chi connectivity index (χ0) is 13.9. The molecule has 110 valence electrons. The van der Waals surface area contributed by atoms with Crippen molar-refractivity contribution in [3.8, 4) is 0 Å². The molecule has 1 aliphatic carbocycles. The molecule has 3 rings (SSSR count). The van der Waals surface area contributed by atoms with Crippen molar-refractivity contribution in [3.05, 3.63) is 35.6 Å². The lowest BCUT2D eigenvalue weighted by Crippen LogP contribution is -2.49. The molecule has 1 aromatic rings. The van der Waals surface area contributed by atoms with Crippen molar-refractivity contribution in [2.45, 2.75) is 50.6 Å². The molecule has 0 bridgehead atoms. The van der Waals surface area contributed by atoms with Gasteiger partial charge in [0.1, 0.15) is 5.82 Å². The molecule has 0 aromatic heterocycles. The van der Waals surface area contributed by atoms with E-state index < -0.39 is 0 Å². The summed E-state index contributed by atoms with van der Waals surface area (Å²) in [5.41, 5.74) is 7.23. The van der Waals surface area contributed by atoms with Gasteiger partial charge in [-0.2, -0.15) is 0 Å². The fourth-order valence-corrected chi connectivity index (χ4v) is 4.05. The van der Waals surface area contributed by atoms with Gasteiger partial charge in [-0.3, -0.25) is 4.90 Å². The van der Waals surface area contributed by atoms with Crippen molar-refractivity contribution < 1.29 is 4.39 Å². The fraction of sp³-hybridized carbons (Fsp3) is 0.647. The maximum atomic E-state index is 13.3. The third-order valence-corrected chi connectivity index (χ3v) is 5.07. The largest absolute Gasteiger partial charge is 0.323 e. The standard InChI is InChI=1S/C17H25FN2/c18-15-8-3-6-14(11-15)16(19)12-20-10-4-7-13-5-1-2-9-17(13)20/h3,6,8,11,13,16-17H,1-2,4-5,7,9-10,12,19H2/t13-,16?,17-/m1/s1.